The lowest BCUT2D eigenvalue weighted by Gasteiger charge is -2.35. The smallest absolute Gasteiger partial charge is 0.244 e. The summed E-state index contributed by atoms with van der Waals surface area (Å²) in [6, 6.07) is 4.17. The van der Waals surface area contributed by atoms with Crippen molar-refractivity contribution in [2.24, 2.45) is 0 Å². The van der Waals surface area contributed by atoms with E-state index in [0.717, 1.165) is 0 Å². The highest BCUT2D eigenvalue weighted by Crippen LogP contribution is 2.31. The van der Waals surface area contributed by atoms with E-state index in [0.29, 0.717) is 24.4 Å². The van der Waals surface area contributed by atoms with Crippen LogP contribution in [0.5, 0.6) is 5.75 Å². The van der Waals surface area contributed by atoms with Crippen LogP contribution >= 0.6 is 0 Å². The fourth-order valence-corrected chi connectivity index (χ4v) is 2.03. The highest BCUT2D eigenvalue weighted by atomic mass is 19.1. The zero-order valence-corrected chi connectivity index (χ0v) is 9.84. The first-order valence-electron chi connectivity index (χ1n) is 5.45. The second kappa shape index (κ2) is 4.33. The number of hydrogen-bond donors (Lipinski definition) is 2. The number of rotatable bonds is 2. The van der Waals surface area contributed by atoms with Crippen molar-refractivity contribution in [3.63, 3.8) is 0 Å². The van der Waals surface area contributed by atoms with E-state index in [-0.39, 0.29) is 11.7 Å². The van der Waals surface area contributed by atoms with Gasteiger partial charge in [0, 0.05) is 18.7 Å². The molecule has 2 N–H and O–H groups in total. The first-order chi connectivity index (χ1) is 8.08. The number of amides is 1. The number of benzene rings is 1. The van der Waals surface area contributed by atoms with E-state index in [9.17, 15) is 9.18 Å². The Labute approximate surface area is 99.2 Å². The van der Waals surface area contributed by atoms with Crippen molar-refractivity contribution in [1.82, 2.24) is 10.6 Å². The van der Waals surface area contributed by atoms with Gasteiger partial charge in [-0.05, 0) is 25.1 Å². The highest BCUT2D eigenvalue weighted by Gasteiger charge is 2.39. The van der Waals surface area contributed by atoms with E-state index in [1.54, 1.807) is 6.92 Å². The molecule has 1 aliphatic rings. The molecule has 0 radical (unpaired) electrons. The zero-order chi connectivity index (χ0) is 12.5. The third kappa shape index (κ3) is 1.98. The highest BCUT2D eigenvalue weighted by molar-refractivity contribution is 5.88. The van der Waals surface area contributed by atoms with E-state index in [1.165, 1.54) is 25.3 Å². The zero-order valence-electron chi connectivity index (χ0n) is 9.84. The average Bonchev–Trinajstić information content (AvgIpc) is 2.33. The Morgan fingerprint density at radius 1 is 1.41 bits per heavy atom. The Balaban J connectivity index is 2.50. The minimum absolute atomic E-state index is 0.173. The van der Waals surface area contributed by atoms with Crippen molar-refractivity contribution in [3.05, 3.63) is 29.6 Å². The van der Waals surface area contributed by atoms with Crippen LogP contribution in [-0.2, 0) is 10.3 Å². The minimum atomic E-state index is -0.953. The molecule has 1 atom stereocenters. The van der Waals surface area contributed by atoms with Gasteiger partial charge >= 0.3 is 0 Å². The molecule has 5 heteroatoms. The molecule has 1 heterocycles. The second-order valence-corrected chi connectivity index (χ2v) is 4.15. The molecule has 17 heavy (non-hydrogen) atoms. The second-order valence-electron chi connectivity index (χ2n) is 4.15. The van der Waals surface area contributed by atoms with Crippen molar-refractivity contribution < 1.29 is 13.9 Å². The molecule has 1 saturated heterocycles. The van der Waals surface area contributed by atoms with E-state index in [2.05, 4.69) is 10.6 Å². The van der Waals surface area contributed by atoms with E-state index < -0.39 is 5.54 Å². The lowest BCUT2D eigenvalue weighted by Crippen LogP contribution is -2.59. The van der Waals surface area contributed by atoms with Crippen molar-refractivity contribution in [2.75, 3.05) is 20.2 Å². The van der Waals surface area contributed by atoms with E-state index in [1.807, 2.05) is 0 Å². The average molecular weight is 238 g/mol. The van der Waals surface area contributed by atoms with Gasteiger partial charge in [0.2, 0.25) is 5.91 Å². The van der Waals surface area contributed by atoms with Gasteiger partial charge in [-0.3, -0.25) is 10.1 Å². The summed E-state index contributed by atoms with van der Waals surface area (Å²) in [7, 11) is 1.50. The molecule has 1 fully saturated rings. The van der Waals surface area contributed by atoms with Crippen LogP contribution in [-0.4, -0.2) is 26.1 Å². The molecule has 1 unspecified atom stereocenters. The molecule has 2 rings (SSSR count). The van der Waals surface area contributed by atoms with Crippen molar-refractivity contribution >= 4 is 5.91 Å². The molecule has 0 saturated carbocycles. The van der Waals surface area contributed by atoms with Gasteiger partial charge in [0.05, 0.1) is 7.11 Å². The van der Waals surface area contributed by atoms with E-state index >= 15 is 0 Å². The summed E-state index contributed by atoms with van der Waals surface area (Å²) in [6.45, 7) is 2.94. The molecule has 0 bridgehead atoms. The van der Waals surface area contributed by atoms with Crippen molar-refractivity contribution in [3.8, 4) is 5.75 Å². The van der Waals surface area contributed by atoms with Crippen LogP contribution in [0, 0.1) is 5.82 Å². The fraction of sp³-hybridized carbons (Fsp3) is 0.417. The van der Waals surface area contributed by atoms with Gasteiger partial charge in [-0.15, -0.1) is 0 Å². The van der Waals surface area contributed by atoms with Crippen LogP contribution in [0.4, 0.5) is 4.39 Å². The molecule has 92 valence electrons. The normalized spacial score (nSPS) is 24.3. The van der Waals surface area contributed by atoms with Crippen LogP contribution in [0.15, 0.2) is 18.2 Å². The van der Waals surface area contributed by atoms with Gasteiger partial charge in [-0.25, -0.2) is 4.39 Å². The Morgan fingerprint density at radius 3 is 2.82 bits per heavy atom. The Kier molecular flexibility index (Phi) is 3.02. The summed E-state index contributed by atoms with van der Waals surface area (Å²) in [5.41, 5.74) is -0.441. The molecule has 4 nitrogen and oxygen atoms in total. The van der Waals surface area contributed by atoms with Crippen LogP contribution in [0.2, 0.25) is 0 Å². The molecular weight excluding hydrogens is 223 g/mol. The molecule has 1 amide bonds. The fourth-order valence-electron chi connectivity index (χ4n) is 2.03. The number of nitrogens with one attached hydrogen (secondary N) is 2. The van der Waals surface area contributed by atoms with Gasteiger partial charge in [-0.2, -0.15) is 0 Å². The van der Waals surface area contributed by atoms with Gasteiger partial charge in [-0.1, -0.05) is 0 Å². The molecule has 1 aliphatic heterocycles. The summed E-state index contributed by atoms with van der Waals surface area (Å²) in [5, 5.41) is 5.87. The first kappa shape index (κ1) is 11.9. The SMILES string of the molecule is COc1ccc(F)cc1C1(C)NCCNC1=O. The minimum Gasteiger partial charge on any atom is -0.496 e. The Bertz CT molecular complexity index is 450. The van der Waals surface area contributed by atoms with Crippen LogP contribution in [0.1, 0.15) is 12.5 Å². The number of piperazine rings is 1. The first-order valence-corrected chi connectivity index (χ1v) is 5.45. The van der Waals surface area contributed by atoms with Crippen LogP contribution in [0.25, 0.3) is 0 Å². The quantitative estimate of drug-likeness (QED) is 0.800. The monoisotopic (exact) mass is 238 g/mol. The summed E-state index contributed by atoms with van der Waals surface area (Å²) in [5.74, 6) is -0.0618. The summed E-state index contributed by atoms with van der Waals surface area (Å²) in [6.07, 6.45) is 0. The summed E-state index contributed by atoms with van der Waals surface area (Å²) >= 11 is 0. The largest absolute Gasteiger partial charge is 0.496 e. The third-order valence-corrected chi connectivity index (χ3v) is 3.04. The van der Waals surface area contributed by atoms with Gasteiger partial charge < -0.3 is 10.1 Å². The lowest BCUT2D eigenvalue weighted by molar-refractivity contribution is -0.129. The van der Waals surface area contributed by atoms with Crippen molar-refractivity contribution in [2.45, 2.75) is 12.5 Å². The summed E-state index contributed by atoms with van der Waals surface area (Å²) < 4.78 is 18.5. The Hall–Kier alpha value is -1.62. The molecule has 0 aromatic heterocycles. The molecule has 1 aromatic carbocycles. The van der Waals surface area contributed by atoms with Gasteiger partial charge in [0.15, 0.2) is 0 Å². The maximum Gasteiger partial charge on any atom is 0.244 e. The number of ether oxygens (including phenoxy) is 1. The van der Waals surface area contributed by atoms with Gasteiger partial charge in [0.25, 0.3) is 0 Å². The number of carbonyl (C=O) groups excluding carboxylic acids is 1. The number of hydrogen-bond acceptors (Lipinski definition) is 3. The molecular formula is C12H15FN2O2. The van der Waals surface area contributed by atoms with Crippen LogP contribution < -0.4 is 15.4 Å². The number of methoxy groups -OCH3 is 1. The maximum absolute atomic E-state index is 13.3. The van der Waals surface area contributed by atoms with E-state index in [4.69, 9.17) is 4.74 Å². The maximum atomic E-state index is 13.3. The van der Waals surface area contributed by atoms with Crippen LogP contribution in [0.3, 0.4) is 0 Å². The van der Waals surface area contributed by atoms with Crippen molar-refractivity contribution in [1.29, 1.82) is 0 Å². The van der Waals surface area contributed by atoms with Gasteiger partial charge in [0.1, 0.15) is 17.1 Å². The lowest BCUT2D eigenvalue weighted by atomic mass is 9.88. The Morgan fingerprint density at radius 2 is 2.18 bits per heavy atom. The molecule has 1 aromatic rings. The standard InChI is InChI=1S/C12H15FN2O2/c1-12(11(16)14-5-6-15-12)9-7-8(13)3-4-10(9)17-2/h3-4,7,15H,5-6H2,1-2H3,(H,14,16). The predicted molar refractivity (Wildman–Crippen MR) is 61.3 cm³/mol. The predicted octanol–water partition coefficient (Wildman–Crippen LogP) is 0.769. The molecule has 0 aliphatic carbocycles. The summed E-state index contributed by atoms with van der Waals surface area (Å²) in [4.78, 5) is 11.9. The number of carbonyl (C=O) groups is 1. The third-order valence-electron chi connectivity index (χ3n) is 3.04. The topological polar surface area (TPSA) is 50.4 Å². The number of halogens is 1. The molecule has 0 spiro atoms.